The SMILES string of the molecule is COc1ccc([N+](=O)[O-])cc1NC(=O)[C@@H]1[C@@H](C(=O)O)[C@@H](c2ccccc2)C=C[C@@H]1c1ccccc1. The summed E-state index contributed by atoms with van der Waals surface area (Å²) in [5, 5.41) is 24.3. The number of carbonyl (C=O) groups is 2. The van der Waals surface area contributed by atoms with Crippen LogP contribution in [-0.2, 0) is 9.59 Å². The van der Waals surface area contributed by atoms with Gasteiger partial charge in [0.1, 0.15) is 5.75 Å². The van der Waals surface area contributed by atoms with E-state index in [1.165, 1.54) is 25.3 Å². The van der Waals surface area contributed by atoms with E-state index in [9.17, 15) is 24.8 Å². The summed E-state index contributed by atoms with van der Waals surface area (Å²) < 4.78 is 5.28. The Morgan fingerprint density at radius 1 is 0.886 bits per heavy atom. The van der Waals surface area contributed by atoms with E-state index in [2.05, 4.69) is 5.32 Å². The van der Waals surface area contributed by atoms with Gasteiger partial charge in [-0.3, -0.25) is 19.7 Å². The van der Waals surface area contributed by atoms with Crippen LogP contribution in [-0.4, -0.2) is 29.0 Å². The number of rotatable bonds is 7. The molecule has 3 aromatic carbocycles. The van der Waals surface area contributed by atoms with Crippen LogP contribution in [0.5, 0.6) is 5.75 Å². The van der Waals surface area contributed by atoms with Gasteiger partial charge in [-0.2, -0.15) is 0 Å². The fraction of sp³-hybridized carbons (Fsp3) is 0.185. The van der Waals surface area contributed by atoms with Crippen molar-refractivity contribution < 1.29 is 24.4 Å². The Kier molecular flexibility index (Phi) is 6.91. The maximum Gasteiger partial charge on any atom is 0.308 e. The molecule has 0 saturated carbocycles. The number of carboxylic acid groups (broad SMARTS) is 1. The van der Waals surface area contributed by atoms with E-state index in [1.54, 1.807) is 0 Å². The summed E-state index contributed by atoms with van der Waals surface area (Å²) in [6.07, 6.45) is 3.73. The number of amides is 1. The van der Waals surface area contributed by atoms with Gasteiger partial charge in [-0.05, 0) is 17.2 Å². The molecule has 2 N–H and O–H groups in total. The Bertz CT molecular complexity index is 1260. The first-order valence-electron chi connectivity index (χ1n) is 11.0. The molecule has 0 unspecified atom stereocenters. The van der Waals surface area contributed by atoms with E-state index in [0.717, 1.165) is 11.1 Å². The number of methoxy groups -OCH3 is 1. The molecule has 0 saturated heterocycles. The number of nitro benzene ring substituents is 1. The molecule has 1 amide bonds. The van der Waals surface area contributed by atoms with Gasteiger partial charge >= 0.3 is 5.97 Å². The standard InChI is InChI=1S/C27H24N2O6/c1-35-23-15-12-19(29(33)34)16-22(23)28-26(30)24-20(17-8-4-2-5-9-17)13-14-21(25(24)27(31)32)18-10-6-3-7-11-18/h2-16,20-21,24-25H,1H3,(H,28,30)(H,31,32)/t20-,21-,24+,25+/m1/s1. The quantitative estimate of drug-likeness (QED) is 0.284. The van der Waals surface area contributed by atoms with Crippen LogP contribution >= 0.6 is 0 Å². The molecule has 0 bridgehead atoms. The summed E-state index contributed by atoms with van der Waals surface area (Å²) in [7, 11) is 1.39. The van der Waals surface area contributed by atoms with Gasteiger partial charge in [0.2, 0.25) is 5.91 Å². The fourth-order valence-corrected chi connectivity index (χ4v) is 4.67. The van der Waals surface area contributed by atoms with Crippen LogP contribution in [0, 0.1) is 22.0 Å². The minimum absolute atomic E-state index is 0.105. The average molecular weight is 472 g/mol. The summed E-state index contributed by atoms with van der Waals surface area (Å²) in [6.45, 7) is 0. The number of nitro groups is 1. The topological polar surface area (TPSA) is 119 Å². The van der Waals surface area contributed by atoms with Crippen LogP contribution in [0.4, 0.5) is 11.4 Å². The fourth-order valence-electron chi connectivity index (χ4n) is 4.67. The molecule has 1 aliphatic carbocycles. The number of allylic oxidation sites excluding steroid dienone is 2. The zero-order chi connectivity index (χ0) is 24.9. The second-order valence-electron chi connectivity index (χ2n) is 8.28. The molecular weight excluding hydrogens is 448 g/mol. The third-order valence-corrected chi connectivity index (χ3v) is 6.30. The van der Waals surface area contributed by atoms with Crippen molar-refractivity contribution in [3.05, 3.63) is 112 Å². The summed E-state index contributed by atoms with van der Waals surface area (Å²) in [5.74, 6) is -4.53. The number of hydrogen-bond donors (Lipinski definition) is 2. The Morgan fingerprint density at radius 3 is 1.91 bits per heavy atom. The summed E-state index contributed by atoms with van der Waals surface area (Å²) in [5.41, 5.74) is 1.47. The normalized spacial score (nSPS) is 21.2. The second kappa shape index (κ2) is 10.2. The minimum atomic E-state index is -1.10. The van der Waals surface area contributed by atoms with Crippen molar-refractivity contribution in [2.45, 2.75) is 11.8 Å². The molecule has 0 heterocycles. The second-order valence-corrected chi connectivity index (χ2v) is 8.28. The van der Waals surface area contributed by atoms with E-state index in [-0.39, 0.29) is 17.1 Å². The van der Waals surface area contributed by atoms with Gasteiger partial charge in [-0.1, -0.05) is 72.8 Å². The number of aliphatic carboxylic acids is 1. The number of carboxylic acids is 1. The van der Waals surface area contributed by atoms with Crippen LogP contribution in [0.25, 0.3) is 0 Å². The van der Waals surface area contributed by atoms with Gasteiger partial charge in [0.15, 0.2) is 0 Å². The van der Waals surface area contributed by atoms with Gasteiger partial charge < -0.3 is 15.2 Å². The van der Waals surface area contributed by atoms with Crippen molar-refractivity contribution in [2.75, 3.05) is 12.4 Å². The number of hydrogen-bond acceptors (Lipinski definition) is 5. The first-order chi connectivity index (χ1) is 16.9. The van der Waals surface area contributed by atoms with Crippen molar-refractivity contribution in [2.24, 2.45) is 11.8 Å². The molecule has 3 aromatic rings. The Balaban J connectivity index is 1.79. The zero-order valence-corrected chi connectivity index (χ0v) is 18.9. The lowest BCUT2D eigenvalue weighted by Crippen LogP contribution is -2.42. The van der Waals surface area contributed by atoms with Gasteiger partial charge in [0.25, 0.3) is 5.69 Å². The van der Waals surface area contributed by atoms with Gasteiger partial charge in [0.05, 0.1) is 29.6 Å². The van der Waals surface area contributed by atoms with Gasteiger partial charge in [0, 0.05) is 24.0 Å². The minimum Gasteiger partial charge on any atom is -0.495 e. The highest BCUT2D eigenvalue weighted by atomic mass is 16.6. The van der Waals surface area contributed by atoms with Gasteiger partial charge in [-0.15, -0.1) is 0 Å². The highest BCUT2D eigenvalue weighted by molar-refractivity contribution is 5.98. The number of ether oxygens (including phenoxy) is 1. The van der Waals surface area contributed by atoms with Crippen LogP contribution in [0.3, 0.4) is 0 Å². The molecule has 0 aliphatic heterocycles. The predicted octanol–water partition coefficient (Wildman–Crippen LogP) is 5.00. The summed E-state index contributed by atoms with van der Waals surface area (Å²) >= 11 is 0. The first kappa shape index (κ1) is 23.7. The van der Waals surface area contributed by atoms with Crippen LogP contribution in [0.2, 0.25) is 0 Å². The van der Waals surface area contributed by atoms with Crippen LogP contribution in [0.15, 0.2) is 91.0 Å². The molecule has 35 heavy (non-hydrogen) atoms. The van der Waals surface area contributed by atoms with Crippen molar-refractivity contribution in [1.29, 1.82) is 0 Å². The number of carbonyl (C=O) groups excluding carboxylic acids is 1. The molecule has 8 heteroatoms. The molecule has 178 valence electrons. The molecule has 1 aliphatic rings. The summed E-state index contributed by atoms with van der Waals surface area (Å²) in [4.78, 5) is 37.1. The maximum absolute atomic E-state index is 13.8. The molecule has 8 nitrogen and oxygen atoms in total. The van der Waals surface area contributed by atoms with Crippen molar-refractivity contribution >= 4 is 23.3 Å². The Hall–Kier alpha value is -4.46. The smallest absolute Gasteiger partial charge is 0.308 e. The van der Waals surface area contributed by atoms with Gasteiger partial charge in [-0.25, -0.2) is 0 Å². The average Bonchev–Trinajstić information content (AvgIpc) is 2.88. The van der Waals surface area contributed by atoms with Crippen molar-refractivity contribution in [1.82, 2.24) is 0 Å². The van der Waals surface area contributed by atoms with E-state index in [0.29, 0.717) is 0 Å². The zero-order valence-electron chi connectivity index (χ0n) is 18.9. The Labute approximate surface area is 202 Å². The molecule has 0 fully saturated rings. The van der Waals surface area contributed by atoms with Crippen LogP contribution < -0.4 is 10.1 Å². The lowest BCUT2D eigenvalue weighted by Gasteiger charge is -2.37. The van der Waals surface area contributed by atoms with Crippen molar-refractivity contribution in [3.63, 3.8) is 0 Å². The van der Waals surface area contributed by atoms with Crippen LogP contribution in [0.1, 0.15) is 23.0 Å². The van der Waals surface area contributed by atoms with Crippen molar-refractivity contribution in [3.8, 4) is 5.75 Å². The van der Waals surface area contributed by atoms with E-state index < -0.39 is 40.5 Å². The molecule has 0 spiro atoms. The Morgan fingerprint density at radius 2 is 1.43 bits per heavy atom. The monoisotopic (exact) mass is 472 g/mol. The highest BCUT2D eigenvalue weighted by Gasteiger charge is 2.46. The van der Waals surface area contributed by atoms with E-state index >= 15 is 0 Å². The van der Waals surface area contributed by atoms with E-state index in [4.69, 9.17) is 4.74 Å². The molecule has 4 atom stereocenters. The number of non-ortho nitro benzene ring substituents is 1. The number of anilines is 1. The third kappa shape index (κ3) is 4.91. The number of benzene rings is 3. The molecule has 4 rings (SSSR count). The molecule has 0 radical (unpaired) electrons. The highest BCUT2D eigenvalue weighted by Crippen LogP contribution is 2.45. The first-order valence-corrected chi connectivity index (χ1v) is 11.0. The molecular formula is C27H24N2O6. The maximum atomic E-state index is 13.8. The lowest BCUT2D eigenvalue weighted by molar-refractivity contribution is -0.384. The third-order valence-electron chi connectivity index (χ3n) is 6.30. The summed E-state index contributed by atoms with van der Waals surface area (Å²) in [6, 6.07) is 22.3. The number of nitrogens with zero attached hydrogens (tertiary/aromatic N) is 1. The molecule has 0 aromatic heterocycles. The lowest BCUT2D eigenvalue weighted by atomic mass is 9.66. The largest absolute Gasteiger partial charge is 0.495 e. The predicted molar refractivity (Wildman–Crippen MR) is 130 cm³/mol. The van der Waals surface area contributed by atoms with E-state index in [1.807, 2.05) is 72.8 Å². The number of nitrogens with one attached hydrogen (secondary N) is 1.